The number of nitrogens with zero attached hydrogens (tertiary/aromatic N) is 2. The lowest BCUT2D eigenvalue weighted by atomic mass is 10.7. The van der Waals surface area contributed by atoms with Crippen molar-refractivity contribution in [2.45, 2.75) is 5.16 Å². The van der Waals surface area contributed by atoms with Gasteiger partial charge in [0, 0.05) is 13.1 Å². The van der Waals surface area contributed by atoms with Crippen molar-refractivity contribution in [3.63, 3.8) is 0 Å². The molecule has 0 unspecified atom stereocenters. The van der Waals surface area contributed by atoms with Gasteiger partial charge in [0.15, 0.2) is 5.16 Å². The molecule has 70 valence electrons. The normalized spacial score (nSPS) is 10.8. The van der Waals surface area contributed by atoms with Crippen LogP contribution in [0.5, 0.6) is 0 Å². The van der Waals surface area contributed by atoms with Crippen LogP contribution in [0, 0.1) is 0 Å². The molecule has 0 aliphatic heterocycles. The fraction of sp³-hybridized carbons (Fsp3) is 0.167. The molecule has 0 bridgehead atoms. The molecule has 0 aromatic carbocycles. The van der Waals surface area contributed by atoms with Gasteiger partial charge in [-0.3, -0.25) is 4.57 Å². The van der Waals surface area contributed by atoms with Crippen LogP contribution in [0.25, 0.3) is 0 Å². The smallest absolute Gasteiger partial charge is 0.343 e. The van der Waals surface area contributed by atoms with Gasteiger partial charge in [0.1, 0.15) is 0 Å². The van der Waals surface area contributed by atoms with Crippen LogP contribution in [0.15, 0.2) is 21.4 Å². The molecule has 0 atom stereocenters. The van der Waals surface area contributed by atoms with E-state index in [1.54, 1.807) is 7.05 Å². The maximum atomic E-state index is 10.8. The largest absolute Gasteiger partial charge is 0.478 e. The molecule has 1 rings (SSSR count). The van der Waals surface area contributed by atoms with Gasteiger partial charge >= 0.3 is 11.7 Å². The topological polar surface area (TPSA) is 88.0 Å². The van der Waals surface area contributed by atoms with E-state index in [0.29, 0.717) is 5.16 Å². The molecule has 1 aromatic heterocycles. The number of carboxylic acid groups (broad SMARTS) is 1. The number of thioether (sulfide) groups is 1. The summed E-state index contributed by atoms with van der Waals surface area (Å²) in [5, 5.41) is 15.9. The van der Waals surface area contributed by atoms with E-state index < -0.39 is 5.97 Å². The fourth-order valence-corrected chi connectivity index (χ4v) is 1.24. The molecule has 2 N–H and O–H groups in total. The van der Waals surface area contributed by atoms with Crippen molar-refractivity contribution in [3.05, 3.63) is 22.0 Å². The lowest BCUT2D eigenvalue weighted by Crippen LogP contribution is -2.12. The van der Waals surface area contributed by atoms with Gasteiger partial charge in [-0.25, -0.2) is 14.7 Å². The third-order valence-electron chi connectivity index (χ3n) is 1.22. The Bertz CT molecular complexity index is 392. The molecule has 7 heteroatoms. The van der Waals surface area contributed by atoms with Crippen LogP contribution in [0.3, 0.4) is 0 Å². The zero-order valence-corrected chi connectivity index (χ0v) is 7.54. The Balaban J connectivity index is 2.70. The fourth-order valence-electron chi connectivity index (χ4n) is 0.591. The van der Waals surface area contributed by atoms with E-state index >= 15 is 0 Å². The Morgan fingerprint density at radius 3 is 2.92 bits per heavy atom. The molecule has 0 aliphatic carbocycles. The summed E-state index contributed by atoms with van der Waals surface area (Å²) in [4.78, 5) is 20.9. The minimum Gasteiger partial charge on any atom is -0.478 e. The number of carboxylic acids is 1. The Kier molecular flexibility index (Phi) is 2.91. The predicted molar refractivity (Wildman–Crippen MR) is 46.5 cm³/mol. The lowest BCUT2D eigenvalue weighted by molar-refractivity contribution is -0.131. The predicted octanol–water partition coefficient (Wildman–Crippen LogP) is -0.201. The highest BCUT2D eigenvalue weighted by Gasteiger charge is 2.01. The standard InChI is InChI=1S/C6H7N3O3S/c1-9-5(12)7-8-6(9)13-3-2-4(10)11/h2-3H,1H3,(H,7,12)(H,10,11). The quantitative estimate of drug-likeness (QED) is 0.522. The molecule has 0 saturated carbocycles. The first-order valence-corrected chi connectivity index (χ1v) is 4.16. The number of carbonyl (C=O) groups is 1. The Hall–Kier alpha value is -1.50. The summed E-state index contributed by atoms with van der Waals surface area (Å²) < 4.78 is 1.29. The zero-order chi connectivity index (χ0) is 9.84. The van der Waals surface area contributed by atoms with Crippen LogP contribution in [-0.4, -0.2) is 25.8 Å². The van der Waals surface area contributed by atoms with Crippen molar-refractivity contribution in [3.8, 4) is 0 Å². The molecular weight excluding hydrogens is 194 g/mol. The maximum absolute atomic E-state index is 10.8. The van der Waals surface area contributed by atoms with Crippen LogP contribution in [0.4, 0.5) is 0 Å². The highest BCUT2D eigenvalue weighted by Crippen LogP contribution is 2.12. The number of H-pyrrole nitrogens is 1. The summed E-state index contributed by atoms with van der Waals surface area (Å²) in [7, 11) is 1.54. The van der Waals surface area contributed by atoms with Gasteiger partial charge in [-0.1, -0.05) is 11.8 Å². The summed E-state index contributed by atoms with van der Waals surface area (Å²) >= 11 is 1.06. The summed E-state index contributed by atoms with van der Waals surface area (Å²) in [6, 6.07) is 0. The van der Waals surface area contributed by atoms with Crippen LogP contribution >= 0.6 is 11.8 Å². The summed E-state index contributed by atoms with van der Waals surface area (Å²) in [6.07, 6.45) is 0.976. The first kappa shape index (κ1) is 9.59. The van der Waals surface area contributed by atoms with Gasteiger partial charge in [0.05, 0.1) is 0 Å². The zero-order valence-electron chi connectivity index (χ0n) is 6.72. The van der Waals surface area contributed by atoms with E-state index in [1.165, 1.54) is 9.98 Å². The van der Waals surface area contributed by atoms with E-state index in [-0.39, 0.29) is 5.69 Å². The number of nitrogens with one attached hydrogen (secondary N) is 1. The van der Waals surface area contributed by atoms with E-state index in [1.807, 2.05) is 0 Å². The molecule has 6 nitrogen and oxygen atoms in total. The van der Waals surface area contributed by atoms with Crippen molar-refractivity contribution >= 4 is 17.7 Å². The van der Waals surface area contributed by atoms with Gasteiger partial charge < -0.3 is 5.11 Å². The van der Waals surface area contributed by atoms with Gasteiger partial charge in [-0.2, -0.15) is 0 Å². The molecular formula is C6H7N3O3S. The van der Waals surface area contributed by atoms with Crippen LogP contribution in [0.1, 0.15) is 0 Å². The molecule has 0 spiro atoms. The molecule has 0 fully saturated rings. The van der Waals surface area contributed by atoms with Crippen LogP contribution in [-0.2, 0) is 11.8 Å². The Labute approximate surface area is 77.3 Å². The van der Waals surface area contributed by atoms with Gasteiger partial charge in [0.25, 0.3) is 0 Å². The summed E-state index contributed by atoms with van der Waals surface area (Å²) in [6.45, 7) is 0. The van der Waals surface area contributed by atoms with E-state index in [4.69, 9.17) is 5.11 Å². The summed E-state index contributed by atoms with van der Waals surface area (Å²) in [5.41, 5.74) is -0.328. The second-order valence-electron chi connectivity index (χ2n) is 2.13. The maximum Gasteiger partial charge on any atom is 0.343 e. The second-order valence-corrected chi connectivity index (χ2v) is 3.00. The minimum absolute atomic E-state index is 0.328. The molecule has 0 aliphatic rings. The third kappa shape index (κ3) is 2.48. The highest BCUT2D eigenvalue weighted by atomic mass is 32.2. The molecule has 1 aromatic rings. The molecule has 0 amide bonds. The van der Waals surface area contributed by atoms with Crippen molar-refractivity contribution in [2.75, 3.05) is 0 Å². The second kappa shape index (κ2) is 3.94. The molecule has 0 radical (unpaired) electrons. The average molecular weight is 201 g/mol. The first-order valence-electron chi connectivity index (χ1n) is 3.29. The molecule has 13 heavy (non-hydrogen) atoms. The van der Waals surface area contributed by atoms with Gasteiger partial charge in [0.2, 0.25) is 0 Å². The number of aromatic amines is 1. The van der Waals surface area contributed by atoms with Crippen molar-refractivity contribution in [2.24, 2.45) is 7.05 Å². The van der Waals surface area contributed by atoms with E-state index in [0.717, 1.165) is 17.8 Å². The van der Waals surface area contributed by atoms with E-state index in [2.05, 4.69) is 10.2 Å². The number of aromatic nitrogens is 3. The van der Waals surface area contributed by atoms with Crippen molar-refractivity contribution < 1.29 is 9.90 Å². The highest BCUT2D eigenvalue weighted by molar-refractivity contribution is 8.02. The monoisotopic (exact) mass is 201 g/mol. The van der Waals surface area contributed by atoms with E-state index in [9.17, 15) is 9.59 Å². The van der Waals surface area contributed by atoms with Crippen molar-refractivity contribution in [1.29, 1.82) is 0 Å². The first-order chi connectivity index (χ1) is 6.11. The summed E-state index contributed by atoms with van der Waals surface area (Å²) in [5.74, 6) is -1.03. The molecule has 0 saturated heterocycles. The average Bonchev–Trinajstić information content (AvgIpc) is 2.35. The molecule has 1 heterocycles. The van der Waals surface area contributed by atoms with Crippen molar-refractivity contribution in [1.82, 2.24) is 14.8 Å². The van der Waals surface area contributed by atoms with Crippen LogP contribution < -0.4 is 5.69 Å². The lowest BCUT2D eigenvalue weighted by Gasteiger charge is -1.91. The SMILES string of the molecule is Cn1c(SC=CC(=O)O)n[nH]c1=O. The number of aliphatic carboxylic acids is 1. The van der Waals surface area contributed by atoms with Gasteiger partial charge in [-0.05, 0) is 5.41 Å². The minimum atomic E-state index is -1.03. The number of rotatable bonds is 3. The number of hydrogen-bond acceptors (Lipinski definition) is 4. The number of hydrogen-bond donors (Lipinski definition) is 2. The Morgan fingerprint density at radius 2 is 2.46 bits per heavy atom. The van der Waals surface area contributed by atoms with Gasteiger partial charge in [-0.15, -0.1) is 5.10 Å². The Morgan fingerprint density at radius 1 is 1.77 bits per heavy atom. The third-order valence-corrected chi connectivity index (χ3v) is 2.07. The van der Waals surface area contributed by atoms with Crippen LogP contribution in [0.2, 0.25) is 0 Å².